The molecular formula is C23H22ClN3O4S. The monoisotopic (exact) mass is 471 g/mol. The fraction of sp³-hybridized carbons (Fsp3) is 0.304. The number of carbonyl (C=O) groups excluding carboxylic acids is 1. The van der Waals surface area contributed by atoms with E-state index >= 15 is 0 Å². The summed E-state index contributed by atoms with van der Waals surface area (Å²) in [5, 5.41) is 21.6. The average Bonchev–Trinajstić information content (AvgIpc) is 3.22. The molecule has 1 aromatic heterocycles. The molecule has 0 unspecified atom stereocenters. The van der Waals surface area contributed by atoms with Crippen LogP contribution in [0.5, 0.6) is 5.75 Å². The lowest BCUT2D eigenvalue weighted by Crippen LogP contribution is -2.27. The Morgan fingerprint density at radius 1 is 1.09 bits per heavy atom. The van der Waals surface area contributed by atoms with E-state index in [0.717, 1.165) is 10.6 Å². The van der Waals surface area contributed by atoms with Crippen molar-refractivity contribution in [3.05, 3.63) is 69.7 Å². The normalized spacial score (nSPS) is 18.2. The van der Waals surface area contributed by atoms with E-state index in [1.54, 1.807) is 18.2 Å². The molecule has 1 aliphatic carbocycles. The number of rotatable bonds is 7. The maximum absolute atomic E-state index is 12.6. The molecule has 3 aromatic rings. The van der Waals surface area contributed by atoms with Crippen molar-refractivity contribution in [3.63, 3.8) is 0 Å². The van der Waals surface area contributed by atoms with E-state index in [2.05, 4.69) is 15.5 Å². The first-order chi connectivity index (χ1) is 15.5. The summed E-state index contributed by atoms with van der Waals surface area (Å²) in [6.45, 7) is 0. The first-order valence-corrected chi connectivity index (χ1v) is 11.5. The van der Waals surface area contributed by atoms with Crippen molar-refractivity contribution in [2.24, 2.45) is 5.92 Å². The van der Waals surface area contributed by atoms with Gasteiger partial charge in [-0.1, -0.05) is 53.3 Å². The highest BCUT2D eigenvalue weighted by Gasteiger charge is 2.27. The number of aromatic nitrogens is 2. The number of nitrogens with one attached hydrogen (secondary N) is 1. The molecule has 1 aliphatic rings. The van der Waals surface area contributed by atoms with Crippen LogP contribution in [0.2, 0.25) is 5.02 Å². The molecule has 1 fully saturated rings. The van der Waals surface area contributed by atoms with Gasteiger partial charge in [-0.2, -0.15) is 0 Å². The molecular weight excluding hydrogens is 450 g/mol. The Morgan fingerprint density at radius 3 is 2.53 bits per heavy atom. The number of halogens is 1. The molecule has 32 heavy (non-hydrogen) atoms. The molecule has 0 radical (unpaired) electrons. The number of amides is 1. The van der Waals surface area contributed by atoms with Gasteiger partial charge in [0.05, 0.1) is 17.0 Å². The van der Waals surface area contributed by atoms with Crippen molar-refractivity contribution in [3.8, 4) is 5.75 Å². The zero-order chi connectivity index (χ0) is 22.5. The number of anilines is 1. The van der Waals surface area contributed by atoms with Crippen molar-refractivity contribution in [1.82, 2.24) is 10.2 Å². The minimum Gasteiger partial charge on any atom is -0.489 e. The molecule has 7 nitrogen and oxygen atoms in total. The minimum absolute atomic E-state index is 0.0767. The summed E-state index contributed by atoms with van der Waals surface area (Å²) in [6.07, 6.45) is 3.08. The second kappa shape index (κ2) is 10.1. The van der Waals surface area contributed by atoms with Crippen LogP contribution in [0.4, 0.5) is 5.13 Å². The standard InChI is InChI=1S/C23H22ClN3O4S/c24-18-13-16(8-11-19(18)31-17-9-6-15(7-10-17)22(29)30)21(28)25-23-27-26-20(32-23)12-14-4-2-1-3-5-14/h1-5,8,11,13,15,17H,6-7,9-10,12H2,(H,29,30)(H,25,27,28)/t15-,17+. The smallest absolute Gasteiger partial charge is 0.306 e. The Balaban J connectivity index is 1.34. The quantitative estimate of drug-likeness (QED) is 0.499. The maximum Gasteiger partial charge on any atom is 0.306 e. The Bertz CT molecular complexity index is 1100. The lowest BCUT2D eigenvalue weighted by molar-refractivity contribution is -0.143. The van der Waals surface area contributed by atoms with Crippen molar-refractivity contribution < 1.29 is 19.4 Å². The molecule has 166 valence electrons. The Hall–Kier alpha value is -2.97. The highest BCUT2D eigenvalue weighted by molar-refractivity contribution is 7.15. The van der Waals surface area contributed by atoms with Crippen LogP contribution in [0.1, 0.15) is 46.6 Å². The van der Waals surface area contributed by atoms with Gasteiger partial charge in [0.2, 0.25) is 5.13 Å². The fourth-order valence-corrected chi connectivity index (χ4v) is 4.65. The van der Waals surface area contributed by atoms with Crippen molar-refractivity contribution in [1.29, 1.82) is 0 Å². The van der Waals surface area contributed by atoms with E-state index in [1.807, 2.05) is 30.3 Å². The van der Waals surface area contributed by atoms with Crippen molar-refractivity contribution in [2.45, 2.75) is 38.2 Å². The minimum atomic E-state index is -0.750. The molecule has 1 amide bonds. The first kappa shape index (κ1) is 22.2. The van der Waals surface area contributed by atoms with E-state index in [0.29, 0.717) is 53.6 Å². The average molecular weight is 472 g/mol. The predicted molar refractivity (Wildman–Crippen MR) is 123 cm³/mol. The van der Waals surface area contributed by atoms with E-state index in [4.69, 9.17) is 21.4 Å². The van der Waals surface area contributed by atoms with Gasteiger partial charge in [-0.15, -0.1) is 10.2 Å². The van der Waals surface area contributed by atoms with Crippen molar-refractivity contribution >= 4 is 39.9 Å². The maximum atomic E-state index is 12.6. The Morgan fingerprint density at radius 2 is 1.84 bits per heavy atom. The van der Waals surface area contributed by atoms with Crippen molar-refractivity contribution in [2.75, 3.05) is 5.32 Å². The number of carboxylic acid groups (broad SMARTS) is 1. The van der Waals surface area contributed by atoms with E-state index in [-0.39, 0.29) is 17.9 Å². The molecule has 2 N–H and O–H groups in total. The summed E-state index contributed by atoms with van der Waals surface area (Å²) in [5.74, 6) is -0.893. The molecule has 0 aliphatic heterocycles. The second-order valence-corrected chi connectivity index (χ2v) is 9.16. The summed E-state index contributed by atoms with van der Waals surface area (Å²) in [7, 11) is 0. The lowest BCUT2D eigenvalue weighted by Gasteiger charge is -2.27. The number of hydrogen-bond donors (Lipinski definition) is 2. The largest absolute Gasteiger partial charge is 0.489 e. The van der Waals surface area contributed by atoms with Gasteiger partial charge in [0, 0.05) is 12.0 Å². The zero-order valence-electron chi connectivity index (χ0n) is 17.2. The van der Waals surface area contributed by atoms with Crippen LogP contribution >= 0.6 is 22.9 Å². The van der Waals surface area contributed by atoms with Crippen LogP contribution in [-0.4, -0.2) is 33.3 Å². The molecule has 0 atom stereocenters. The SMILES string of the molecule is O=C(Nc1nnc(Cc2ccccc2)s1)c1ccc(O[C@H]2CC[C@@H](C(=O)O)CC2)c(Cl)c1. The molecule has 0 saturated heterocycles. The number of carbonyl (C=O) groups is 2. The van der Waals surface area contributed by atoms with Gasteiger partial charge in [-0.3, -0.25) is 14.9 Å². The number of carboxylic acids is 1. The summed E-state index contributed by atoms with van der Waals surface area (Å²) in [4.78, 5) is 23.7. The number of ether oxygens (including phenoxy) is 1. The topological polar surface area (TPSA) is 101 Å². The molecule has 9 heteroatoms. The number of nitrogens with zero attached hydrogens (tertiary/aromatic N) is 2. The van der Waals surface area contributed by atoms with Gasteiger partial charge in [-0.25, -0.2) is 0 Å². The molecule has 2 aromatic carbocycles. The van der Waals surface area contributed by atoms with Crippen LogP contribution in [-0.2, 0) is 11.2 Å². The summed E-state index contributed by atoms with van der Waals surface area (Å²) >= 11 is 7.67. The molecule has 1 saturated carbocycles. The van der Waals surface area contributed by atoms with Gasteiger partial charge in [0.25, 0.3) is 5.91 Å². The highest BCUT2D eigenvalue weighted by Crippen LogP contribution is 2.32. The second-order valence-electron chi connectivity index (χ2n) is 7.69. The van der Waals surface area contributed by atoms with Gasteiger partial charge < -0.3 is 9.84 Å². The van der Waals surface area contributed by atoms with Crippen LogP contribution in [0.15, 0.2) is 48.5 Å². The van der Waals surface area contributed by atoms with E-state index < -0.39 is 5.97 Å². The Labute approximate surface area is 194 Å². The summed E-state index contributed by atoms with van der Waals surface area (Å²) in [5.41, 5.74) is 1.51. The molecule has 0 spiro atoms. The Kier molecular flexibility index (Phi) is 7.02. The van der Waals surface area contributed by atoms with E-state index in [9.17, 15) is 9.59 Å². The van der Waals surface area contributed by atoms with E-state index in [1.165, 1.54) is 11.3 Å². The van der Waals surface area contributed by atoms with Crippen LogP contribution in [0, 0.1) is 5.92 Å². The number of hydrogen-bond acceptors (Lipinski definition) is 6. The molecule has 4 rings (SSSR count). The molecule has 1 heterocycles. The summed E-state index contributed by atoms with van der Waals surface area (Å²) in [6, 6.07) is 14.8. The van der Waals surface area contributed by atoms with Gasteiger partial charge in [-0.05, 0) is 49.4 Å². The number of aliphatic carboxylic acids is 1. The van der Waals surface area contributed by atoms with Gasteiger partial charge >= 0.3 is 5.97 Å². The predicted octanol–water partition coefficient (Wildman–Crippen LogP) is 5.06. The third kappa shape index (κ3) is 5.63. The van der Waals surface area contributed by atoms with Gasteiger partial charge in [0.15, 0.2) is 0 Å². The summed E-state index contributed by atoms with van der Waals surface area (Å²) < 4.78 is 5.95. The first-order valence-electron chi connectivity index (χ1n) is 10.3. The zero-order valence-corrected chi connectivity index (χ0v) is 18.7. The van der Waals surface area contributed by atoms with Crippen LogP contribution in [0.3, 0.4) is 0 Å². The van der Waals surface area contributed by atoms with Gasteiger partial charge in [0.1, 0.15) is 10.8 Å². The van der Waals surface area contributed by atoms with Crippen LogP contribution in [0.25, 0.3) is 0 Å². The molecule has 0 bridgehead atoms. The van der Waals surface area contributed by atoms with Crippen LogP contribution < -0.4 is 10.1 Å². The highest BCUT2D eigenvalue weighted by atomic mass is 35.5. The lowest BCUT2D eigenvalue weighted by atomic mass is 9.87. The third-order valence-corrected chi connectivity index (χ3v) is 6.53. The third-order valence-electron chi connectivity index (χ3n) is 5.40. The number of benzene rings is 2. The fourth-order valence-electron chi connectivity index (χ4n) is 3.66.